The maximum absolute atomic E-state index is 12.9. The summed E-state index contributed by atoms with van der Waals surface area (Å²) in [5, 5.41) is 7.78. The normalized spacial score (nSPS) is 11.3. The Morgan fingerprint density at radius 1 is 1.12 bits per heavy atom. The number of carbonyl (C=O) groups excluding carboxylic acids is 1. The molecule has 0 spiro atoms. The van der Waals surface area contributed by atoms with E-state index in [1.165, 1.54) is 0 Å². The number of rotatable bonds is 8. The van der Waals surface area contributed by atoms with E-state index in [0.29, 0.717) is 33.6 Å². The number of furan rings is 1. The lowest BCUT2D eigenvalue weighted by atomic mass is 10.2. The Bertz CT molecular complexity index is 1380. The first kappa shape index (κ1) is 22.6. The smallest absolute Gasteiger partial charge is 0.276 e. The van der Waals surface area contributed by atoms with Crippen molar-refractivity contribution in [1.82, 2.24) is 9.78 Å². The summed E-state index contributed by atoms with van der Waals surface area (Å²) in [4.78, 5) is 12.9. The standard InChI is InChI=1S/C23H20ClN3O5S/c1-33(29,30)12-11-31-19-8-3-6-17(14-19)25-23(28)20-15-21(22-9-4-10-32-22)27(26-20)18-7-2-5-16(24)13-18/h2-10,13-15H,11-12H2,1H3,(H,25,28). The first-order valence-corrected chi connectivity index (χ1v) is 12.3. The van der Waals surface area contributed by atoms with Gasteiger partial charge in [-0.25, -0.2) is 13.1 Å². The lowest BCUT2D eigenvalue weighted by molar-refractivity contribution is 0.102. The number of amides is 1. The summed E-state index contributed by atoms with van der Waals surface area (Å²) in [5.41, 5.74) is 1.91. The van der Waals surface area contributed by atoms with Crippen LogP contribution >= 0.6 is 11.6 Å². The Morgan fingerprint density at radius 3 is 2.67 bits per heavy atom. The van der Waals surface area contributed by atoms with Gasteiger partial charge in [0.25, 0.3) is 5.91 Å². The first-order chi connectivity index (χ1) is 15.8. The Balaban J connectivity index is 1.57. The van der Waals surface area contributed by atoms with E-state index in [1.807, 2.05) is 6.07 Å². The monoisotopic (exact) mass is 485 g/mol. The van der Waals surface area contributed by atoms with Gasteiger partial charge in [0.2, 0.25) is 0 Å². The molecule has 4 aromatic rings. The molecule has 0 radical (unpaired) electrons. The number of nitrogens with one attached hydrogen (secondary N) is 1. The number of aromatic nitrogens is 2. The molecule has 2 heterocycles. The highest BCUT2D eigenvalue weighted by Crippen LogP contribution is 2.26. The molecule has 4 rings (SSSR count). The minimum Gasteiger partial charge on any atom is -0.492 e. The van der Waals surface area contributed by atoms with E-state index in [0.717, 1.165) is 6.26 Å². The van der Waals surface area contributed by atoms with Gasteiger partial charge in [0, 0.05) is 29.1 Å². The predicted molar refractivity (Wildman–Crippen MR) is 126 cm³/mol. The molecule has 33 heavy (non-hydrogen) atoms. The minimum absolute atomic E-state index is 0.0206. The maximum atomic E-state index is 12.9. The van der Waals surface area contributed by atoms with Crippen molar-refractivity contribution in [2.45, 2.75) is 0 Å². The van der Waals surface area contributed by atoms with E-state index in [1.54, 1.807) is 71.6 Å². The summed E-state index contributed by atoms with van der Waals surface area (Å²) < 4.78 is 35.1. The van der Waals surface area contributed by atoms with Crippen LogP contribution in [-0.2, 0) is 9.84 Å². The van der Waals surface area contributed by atoms with Crippen LogP contribution in [0.4, 0.5) is 5.69 Å². The number of carbonyl (C=O) groups is 1. The van der Waals surface area contributed by atoms with Gasteiger partial charge in [0.15, 0.2) is 21.3 Å². The largest absolute Gasteiger partial charge is 0.492 e. The molecule has 0 aliphatic heterocycles. The summed E-state index contributed by atoms with van der Waals surface area (Å²) in [6.45, 7) is 0.0206. The average molecular weight is 486 g/mol. The molecule has 8 nitrogen and oxygen atoms in total. The highest BCUT2D eigenvalue weighted by Gasteiger charge is 2.19. The fraction of sp³-hybridized carbons (Fsp3) is 0.130. The number of hydrogen-bond acceptors (Lipinski definition) is 6. The second-order valence-corrected chi connectivity index (χ2v) is 9.94. The van der Waals surface area contributed by atoms with E-state index in [4.69, 9.17) is 20.8 Å². The van der Waals surface area contributed by atoms with Crippen molar-refractivity contribution in [2.75, 3.05) is 23.9 Å². The van der Waals surface area contributed by atoms with E-state index in [-0.39, 0.29) is 18.1 Å². The number of benzene rings is 2. The third-order valence-electron chi connectivity index (χ3n) is 4.58. The predicted octanol–water partition coefficient (Wildman–Crippen LogP) is 4.46. The molecule has 1 N–H and O–H groups in total. The average Bonchev–Trinajstić information content (AvgIpc) is 3.43. The van der Waals surface area contributed by atoms with Crippen LogP contribution in [0, 0.1) is 0 Å². The van der Waals surface area contributed by atoms with E-state index < -0.39 is 15.7 Å². The lowest BCUT2D eigenvalue weighted by Crippen LogP contribution is -2.14. The van der Waals surface area contributed by atoms with E-state index >= 15 is 0 Å². The molecule has 2 aromatic carbocycles. The van der Waals surface area contributed by atoms with Crippen LogP contribution in [0.3, 0.4) is 0 Å². The summed E-state index contributed by atoms with van der Waals surface area (Å²) in [5.74, 6) is 0.455. The van der Waals surface area contributed by atoms with Crippen molar-refractivity contribution < 1.29 is 22.4 Å². The van der Waals surface area contributed by atoms with Crippen molar-refractivity contribution in [3.8, 4) is 22.9 Å². The first-order valence-electron chi connectivity index (χ1n) is 9.90. The van der Waals surface area contributed by atoms with E-state index in [2.05, 4.69) is 10.4 Å². The van der Waals surface area contributed by atoms with Crippen LogP contribution in [-0.4, -0.2) is 42.7 Å². The molecule has 0 aliphatic rings. The van der Waals surface area contributed by atoms with Crippen LogP contribution in [0.2, 0.25) is 5.02 Å². The van der Waals surface area contributed by atoms with Gasteiger partial charge in [0.05, 0.1) is 17.7 Å². The van der Waals surface area contributed by atoms with Crippen molar-refractivity contribution in [2.24, 2.45) is 0 Å². The molecule has 0 bridgehead atoms. The third-order valence-corrected chi connectivity index (χ3v) is 5.73. The zero-order valence-electron chi connectivity index (χ0n) is 17.6. The second-order valence-electron chi connectivity index (χ2n) is 7.24. The van der Waals surface area contributed by atoms with Crippen LogP contribution in [0.1, 0.15) is 10.5 Å². The SMILES string of the molecule is CS(=O)(=O)CCOc1cccc(NC(=O)c2cc(-c3ccco3)n(-c3cccc(Cl)c3)n2)c1. The van der Waals surface area contributed by atoms with Crippen molar-refractivity contribution >= 4 is 33.0 Å². The Hall–Kier alpha value is -3.56. The molecule has 1 amide bonds. The van der Waals surface area contributed by atoms with Crippen LogP contribution in [0.5, 0.6) is 5.75 Å². The van der Waals surface area contributed by atoms with Gasteiger partial charge in [-0.15, -0.1) is 0 Å². The fourth-order valence-electron chi connectivity index (χ4n) is 3.07. The summed E-state index contributed by atoms with van der Waals surface area (Å²) in [6, 6.07) is 18.9. The van der Waals surface area contributed by atoms with Gasteiger partial charge >= 0.3 is 0 Å². The quantitative estimate of drug-likeness (QED) is 0.395. The number of hydrogen-bond donors (Lipinski definition) is 1. The van der Waals surface area contributed by atoms with Crippen molar-refractivity contribution in [1.29, 1.82) is 0 Å². The topological polar surface area (TPSA) is 103 Å². The second kappa shape index (κ2) is 9.51. The molecule has 2 aromatic heterocycles. The molecule has 0 fully saturated rings. The lowest BCUT2D eigenvalue weighted by Gasteiger charge is -2.08. The van der Waals surface area contributed by atoms with Crippen LogP contribution < -0.4 is 10.1 Å². The Morgan fingerprint density at radius 2 is 1.94 bits per heavy atom. The van der Waals surface area contributed by atoms with E-state index in [9.17, 15) is 13.2 Å². The van der Waals surface area contributed by atoms with Crippen molar-refractivity contribution in [3.63, 3.8) is 0 Å². The van der Waals surface area contributed by atoms with Crippen LogP contribution in [0.15, 0.2) is 77.4 Å². The highest BCUT2D eigenvalue weighted by atomic mass is 35.5. The van der Waals surface area contributed by atoms with Gasteiger partial charge in [-0.2, -0.15) is 5.10 Å². The number of halogens is 1. The zero-order chi connectivity index (χ0) is 23.4. The van der Waals surface area contributed by atoms with Gasteiger partial charge in [0.1, 0.15) is 18.1 Å². The van der Waals surface area contributed by atoms with Crippen molar-refractivity contribution in [3.05, 3.63) is 83.7 Å². The molecule has 0 saturated heterocycles. The number of nitrogens with zero attached hydrogens (tertiary/aromatic N) is 2. The van der Waals surface area contributed by atoms with Gasteiger partial charge < -0.3 is 14.5 Å². The van der Waals surface area contributed by atoms with Gasteiger partial charge in [-0.05, 0) is 42.5 Å². The number of ether oxygens (including phenoxy) is 1. The number of sulfone groups is 1. The molecule has 170 valence electrons. The Labute approximate surface area is 195 Å². The highest BCUT2D eigenvalue weighted by molar-refractivity contribution is 7.90. The Kier molecular flexibility index (Phi) is 6.52. The van der Waals surface area contributed by atoms with Gasteiger partial charge in [-0.3, -0.25) is 4.79 Å². The fourth-order valence-corrected chi connectivity index (χ4v) is 3.64. The molecule has 0 atom stereocenters. The minimum atomic E-state index is -3.13. The van der Waals surface area contributed by atoms with Gasteiger partial charge in [-0.1, -0.05) is 23.7 Å². The number of anilines is 1. The molecule has 0 aliphatic carbocycles. The maximum Gasteiger partial charge on any atom is 0.276 e. The zero-order valence-corrected chi connectivity index (χ0v) is 19.1. The molecular weight excluding hydrogens is 466 g/mol. The molecule has 10 heteroatoms. The molecule has 0 saturated carbocycles. The molecule has 0 unspecified atom stereocenters. The summed E-state index contributed by atoms with van der Waals surface area (Å²) in [6.07, 6.45) is 2.69. The molecular formula is C23H20ClN3O5S. The third kappa shape index (κ3) is 5.82. The van der Waals surface area contributed by atoms with Crippen LogP contribution in [0.25, 0.3) is 17.1 Å². The summed E-state index contributed by atoms with van der Waals surface area (Å²) >= 11 is 6.14. The summed E-state index contributed by atoms with van der Waals surface area (Å²) in [7, 11) is -3.13.